The molecule has 1 nitrogen and oxygen atoms in total. The molecule has 0 aliphatic carbocycles. The molecule has 0 amide bonds. The van der Waals surface area contributed by atoms with Gasteiger partial charge in [0, 0.05) is 18.4 Å². The average molecular weight is 192 g/mol. The van der Waals surface area contributed by atoms with Gasteiger partial charge in [-0.1, -0.05) is 27.6 Å². The van der Waals surface area contributed by atoms with Crippen molar-refractivity contribution < 1.29 is 0 Å². The molecule has 0 radical (unpaired) electrons. The van der Waals surface area contributed by atoms with E-state index in [1.54, 1.807) is 0 Å². The molecule has 0 spiro atoms. The number of halogens is 1. The molecule has 2 heteroatoms. The zero-order valence-corrected chi connectivity index (χ0v) is 7.66. The Labute approximate surface area is 65.7 Å². The van der Waals surface area contributed by atoms with Gasteiger partial charge in [0.1, 0.15) is 0 Å². The van der Waals surface area contributed by atoms with Crippen LogP contribution in [0.5, 0.6) is 0 Å². The van der Waals surface area contributed by atoms with E-state index in [4.69, 9.17) is 0 Å². The molecule has 0 aromatic heterocycles. The number of nitrogens with one attached hydrogen (secondary N) is 1. The van der Waals surface area contributed by atoms with Gasteiger partial charge in [-0.3, -0.25) is 0 Å². The molecule has 0 saturated heterocycles. The van der Waals surface area contributed by atoms with Crippen molar-refractivity contribution in [3.05, 3.63) is 11.6 Å². The van der Waals surface area contributed by atoms with Crippen LogP contribution in [0.25, 0.3) is 0 Å². The monoisotopic (exact) mass is 191 g/mol. The van der Waals surface area contributed by atoms with E-state index in [-0.39, 0.29) is 0 Å². The van der Waals surface area contributed by atoms with Gasteiger partial charge >= 0.3 is 0 Å². The lowest BCUT2D eigenvalue weighted by Gasteiger charge is -1.95. The third kappa shape index (κ3) is 8.18. The number of allylic oxidation sites excluding steroid dienone is 1. The Kier molecular flexibility index (Phi) is 6.43. The molecule has 0 unspecified atom stereocenters. The maximum absolute atomic E-state index is 3.33. The van der Waals surface area contributed by atoms with Crippen LogP contribution >= 0.6 is 15.9 Å². The maximum Gasteiger partial charge on any atom is 0.0157 e. The van der Waals surface area contributed by atoms with Crippen molar-refractivity contribution in [3.8, 4) is 0 Å². The Morgan fingerprint density at radius 1 is 1.56 bits per heavy atom. The van der Waals surface area contributed by atoms with Crippen LogP contribution in [0.4, 0.5) is 0 Å². The lowest BCUT2D eigenvalue weighted by molar-refractivity contribution is 0.805. The zero-order valence-electron chi connectivity index (χ0n) is 6.08. The topological polar surface area (TPSA) is 12.0 Å². The van der Waals surface area contributed by atoms with Crippen LogP contribution in [-0.2, 0) is 0 Å². The number of hydrogen-bond donors (Lipinski definition) is 1. The third-order valence-corrected chi connectivity index (χ3v) is 1.32. The minimum absolute atomic E-state index is 0.994. The Morgan fingerprint density at radius 2 is 2.22 bits per heavy atom. The van der Waals surface area contributed by atoms with Crippen molar-refractivity contribution in [2.45, 2.75) is 13.8 Å². The van der Waals surface area contributed by atoms with E-state index >= 15 is 0 Å². The van der Waals surface area contributed by atoms with E-state index in [1.807, 2.05) is 0 Å². The van der Waals surface area contributed by atoms with Crippen molar-refractivity contribution in [1.82, 2.24) is 5.32 Å². The van der Waals surface area contributed by atoms with Gasteiger partial charge in [0.05, 0.1) is 0 Å². The lowest BCUT2D eigenvalue weighted by atomic mass is 10.3. The molecule has 0 saturated carbocycles. The van der Waals surface area contributed by atoms with Gasteiger partial charge in [-0.15, -0.1) is 0 Å². The standard InChI is InChI=1S/C7H14BrN/c1-7(2)3-5-9-6-4-8/h3,9H,4-6H2,1-2H3. The highest BCUT2D eigenvalue weighted by Gasteiger charge is 1.79. The van der Waals surface area contributed by atoms with Gasteiger partial charge < -0.3 is 5.32 Å². The van der Waals surface area contributed by atoms with Crippen LogP contribution < -0.4 is 5.32 Å². The van der Waals surface area contributed by atoms with E-state index in [1.165, 1.54) is 5.57 Å². The predicted molar refractivity (Wildman–Crippen MR) is 46.1 cm³/mol. The third-order valence-electron chi connectivity index (χ3n) is 0.926. The molecular weight excluding hydrogens is 178 g/mol. The van der Waals surface area contributed by atoms with Gasteiger partial charge in [-0.05, 0) is 13.8 Å². The van der Waals surface area contributed by atoms with E-state index in [9.17, 15) is 0 Å². The summed E-state index contributed by atoms with van der Waals surface area (Å²) < 4.78 is 0. The van der Waals surface area contributed by atoms with Crippen LogP contribution in [0, 0.1) is 0 Å². The SMILES string of the molecule is CC(C)=CCNCCBr. The van der Waals surface area contributed by atoms with Crippen LogP contribution in [0.15, 0.2) is 11.6 Å². The minimum Gasteiger partial charge on any atom is -0.312 e. The molecule has 54 valence electrons. The Morgan fingerprint density at radius 3 is 2.67 bits per heavy atom. The fraction of sp³-hybridized carbons (Fsp3) is 0.714. The van der Waals surface area contributed by atoms with Gasteiger partial charge in [0.25, 0.3) is 0 Å². The first-order valence-corrected chi connectivity index (χ1v) is 4.29. The highest BCUT2D eigenvalue weighted by atomic mass is 79.9. The largest absolute Gasteiger partial charge is 0.312 e. The second kappa shape index (κ2) is 6.30. The molecule has 0 bridgehead atoms. The van der Waals surface area contributed by atoms with Crippen LogP contribution in [0.2, 0.25) is 0 Å². The molecule has 0 fully saturated rings. The second-order valence-corrected chi connectivity index (χ2v) is 2.97. The molecule has 0 rings (SSSR count). The Balaban J connectivity index is 3.00. The van der Waals surface area contributed by atoms with Gasteiger partial charge in [0.2, 0.25) is 0 Å². The first-order chi connectivity index (χ1) is 4.27. The molecule has 1 N–H and O–H groups in total. The first kappa shape index (κ1) is 9.18. The minimum atomic E-state index is 0.994. The highest BCUT2D eigenvalue weighted by molar-refractivity contribution is 9.09. The normalized spacial score (nSPS) is 9.22. The summed E-state index contributed by atoms with van der Waals surface area (Å²) in [6, 6.07) is 0. The summed E-state index contributed by atoms with van der Waals surface area (Å²) in [6.45, 7) is 6.25. The van der Waals surface area contributed by atoms with Gasteiger partial charge in [0.15, 0.2) is 0 Å². The average Bonchev–Trinajstić information content (AvgIpc) is 1.80. The summed E-state index contributed by atoms with van der Waals surface area (Å²) >= 11 is 3.33. The van der Waals surface area contributed by atoms with E-state index in [2.05, 4.69) is 41.2 Å². The Bertz CT molecular complexity index is 84.9. The predicted octanol–water partition coefficient (Wildman–Crippen LogP) is 1.94. The number of rotatable bonds is 4. The summed E-state index contributed by atoms with van der Waals surface area (Å²) in [6.07, 6.45) is 2.18. The molecule has 0 aliphatic heterocycles. The molecule has 0 aliphatic rings. The van der Waals surface area contributed by atoms with Crippen molar-refractivity contribution in [1.29, 1.82) is 0 Å². The van der Waals surface area contributed by atoms with Crippen LogP contribution in [0.1, 0.15) is 13.8 Å². The van der Waals surface area contributed by atoms with Crippen molar-refractivity contribution in [3.63, 3.8) is 0 Å². The summed E-state index contributed by atoms with van der Waals surface area (Å²) in [5, 5.41) is 4.27. The van der Waals surface area contributed by atoms with Crippen LogP contribution in [-0.4, -0.2) is 18.4 Å². The van der Waals surface area contributed by atoms with Gasteiger partial charge in [-0.25, -0.2) is 0 Å². The van der Waals surface area contributed by atoms with E-state index in [0.29, 0.717) is 0 Å². The molecule has 0 aromatic carbocycles. The summed E-state index contributed by atoms with van der Waals surface area (Å²) in [7, 11) is 0. The fourth-order valence-corrected chi connectivity index (χ4v) is 0.726. The molecular formula is C7H14BrN. The molecule has 0 atom stereocenters. The van der Waals surface area contributed by atoms with Crippen LogP contribution in [0.3, 0.4) is 0 Å². The molecule has 0 heterocycles. The summed E-state index contributed by atoms with van der Waals surface area (Å²) in [5.41, 5.74) is 1.37. The maximum atomic E-state index is 3.33. The number of hydrogen-bond acceptors (Lipinski definition) is 1. The van der Waals surface area contributed by atoms with E-state index in [0.717, 1.165) is 18.4 Å². The fourth-order valence-electron chi connectivity index (χ4n) is 0.445. The van der Waals surface area contributed by atoms with E-state index < -0.39 is 0 Å². The summed E-state index contributed by atoms with van der Waals surface area (Å²) in [5.74, 6) is 0. The lowest BCUT2D eigenvalue weighted by Crippen LogP contribution is -2.15. The highest BCUT2D eigenvalue weighted by Crippen LogP contribution is 1.85. The van der Waals surface area contributed by atoms with Crippen molar-refractivity contribution >= 4 is 15.9 Å². The second-order valence-electron chi connectivity index (χ2n) is 2.17. The molecule has 9 heavy (non-hydrogen) atoms. The zero-order chi connectivity index (χ0) is 7.11. The van der Waals surface area contributed by atoms with Gasteiger partial charge in [-0.2, -0.15) is 0 Å². The summed E-state index contributed by atoms with van der Waals surface area (Å²) in [4.78, 5) is 0. The quantitative estimate of drug-likeness (QED) is 0.407. The Hall–Kier alpha value is 0.180. The smallest absolute Gasteiger partial charge is 0.0157 e. The van der Waals surface area contributed by atoms with Crippen molar-refractivity contribution in [2.24, 2.45) is 0 Å². The van der Waals surface area contributed by atoms with Crippen molar-refractivity contribution in [2.75, 3.05) is 18.4 Å². The number of alkyl halides is 1. The first-order valence-electron chi connectivity index (χ1n) is 3.17. The molecule has 0 aromatic rings.